The number of benzene rings is 2. The number of hydrogen-bond acceptors (Lipinski definition) is 4. The van der Waals surface area contributed by atoms with E-state index in [0.717, 1.165) is 39.8 Å². The van der Waals surface area contributed by atoms with Gasteiger partial charge >= 0.3 is 0 Å². The monoisotopic (exact) mass is 412 g/mol. The molecule has 0 spiro atoms. The lowest BCUT2D eigenvalue weighted by Gasteiger charge is -2.18. The Bertz CT molecular complexity index is 1230. The first-order valence-corrected chi connectivity index (χ1v) is 10.5. The zero-order valence-corrected chi connectivity index (χ0v) is 17.1. The van der Waals surface area contributed by atoms with Gasteiger partial charge in [-0.25, -0.2) is 4.98 Å². The standard InChI is InChI=1S/C25H24N4O2/c30-13-11-26-15-17-4-6-18(7-5-17)25(31)29-12-9-22-21(2-1-3-23(22)29)20-14-19-8-10-27-24(19)28-16-20/h1-8,10,14,16,26,30H,9,11-13,15H2,(H,27,28). The van der Waals surface area contributed by atoms with Crippen LogP contribution in [0.15, 0.2) is 67.0 Å². The molecule has 0 saturated heterocycles. The van der Waals surface area contributed by atoms with Crippen molar-refractivity contribution in [3.8, 4) is 11.1 Å². The molecule has 0 fully saturated rings. The van der Waals surface area contributed by atoms with E-state index in [9.17, 15) is 4.79 Å². The Kier molecular flexibility index (Phi) is 5.24. The van der Waals surface area contributed by atoms with Crippen LogP contribution in [0.1, 0.15) is 21.5 Å². The van der Waals surface area contributed by atoms with Crippen LogP contribution < -0.4 is 10.2 Å². The molecular weight excluding hydrogens is 388 g/mol. The number of nitrogens with zero attached hydrogens (tertiary/aromatic N) is 2. The van der Waals surface area contributed by atoms with E-state index in [0.29, 0.717) is 25.2 Å². The summed E-state index contributed by atoms with van der Waals surface area (Å²) in [6, 6.07) is 18.0. The van der Waals surface area contributed by atoms with Gasteiger partial charge in [-0.2, -0.15) is 0 Å². The molecule has 5 rings (SSSR count). The maximum absolute atomic E-state index is 13.2. The quantitative estimate of drug-likeness (QED) is 0.423. The van der Waals surface area contributed by atoms with E-state index in [4.69, 9.17) is 5.11 Å². The molecule has 31 heavy (non-hydrogen) atoms. The Hall–Kier alpha value is -3.48. The van der Waals surface area contributed by atoms with E-state index in [1.807, 2.05) is 59.8 Å². The fourth-order valence-electron chi connectivity index (χ4n) is 4.24. The summed E-state index contributed by atoms with van der Waals surface area (Å²) in [5.74, 6) is 0.0185. The lowest BCUT2D eigenvalue weighted by atomic mass is 9.98. The van der Waals surface area contributed by atoms with E-state index >= 15 is 0 Å². The van der Waals surface area contributed by atoms with Gasteiger partial charge in [-0.15, -0.1) is 0 Å². The summed E-state index contributed by atoms with van der Waals surface area (Å²) in [6.45, 7) is 2.01. The van der Waals surface area contributed by atoms with Gasteiger partial charge in [-0.05, 0) is 53.4 Å². The summed E-state index contributed by atoms with van der Waals surface area (Å²) in [5.41, 5.74) is 7.01. The molecule has 2 aromatic heterocycles. The molecule has 6 nitrogen and oxygen atoms in total. The topological polar surface area (TPSA) is 81.2 Å². The minimum absolute atomic E-state index is 0.0185. The highest BCUT2D eigenvalue weighted by molar-refractivity contribution is 6.08. The Morgan fingerprint density at radius 3 is 2.87 bits per heavy atom. The zero-order valence-electron chi connectivity index (χ0n) is 17.1. The van der Waals surface area contributed by atoms with Gasteiger partial charge in [0.05, 0.1) is 6.61 Å². The van der Waals surface area contributed by atoms with E-state index in [1.165, 1.54) is 5.56 Å². The second-order valence-corrected chi connectivity index (χ2v) is 7.75. The summed E-state index contributed by atoms with van der Waals surface area (Å²) in [5, 5.41) is 13.1. The van der Waals surface area contributed by atoms with Gasteiger partial charge in [0.15, 0.2) is 0 Å². The zero-order chi connectivity index (χ0) is 21.2. The SMILES string of the molecule is O=C(c1ccc(CNCCO)cc1)N1CCc2c(-c3cnc4[nH]ccc4c3)cccc21. The van der Waals surface area contributed by atoms with E-state index in [1.54, 1.807) is 0 Å². The number of fused-ring (bicyclic) bond motifs is 2. The van der Waals surface area contributed by atoms with Crippen LogP contribution in [0.4, 0.5) is 5.69 Å². The largest absolute Gasteiger partial charge is 0.395 e. The first kappa shape index (κ1) is 19.5. The van der Waals surface area contributed by atoms with Crippen LogP contribution >= 0.6 is 0 Å². The Balaban J connectivity index is 1.40. The van der Waals surface area contributed by atoms with Crippen molar-refractivity contribution < 1.29 is 9.90 Å². The third kappa shape index (κ3) is 3.71. The maximum atomic E-state index is 13.2. The van der Waals surface area contributed by atoms with Crippen molar-refractivity contribution in [1.82, 2.24) is 15.3 Å². The molecule has 0 bridgehead atoms. The molecule has 0 radical (unpaired) electrons. The number of aromatic nitrogens is 2. The highest BCUT2D eigenvalue weighted by atomic mass is 16.3. The van der Waals surface area contributed by atoms with Gasteiger partial charge in [0.25, 0.3) is 5.91 Å². The summed E-state index contributed by atoms with van der Waals surface area (Å²) >= 11 is 0. The molecule has 3 N–H and O–H groups in total. The molecule has 1 aliphatic rings. The number of aromatic amines is 1. The number of pyridine rings is 1. The van der Waals surface area contributed by atoms with E-state index < -0.39 is 0 Å². The molecule has 0 aliphatic carbocycles. The van der Waals surface area contributed by atoms with E-state index in [2.05, 4.69) is 27.4 Å². The molecule has 6 heteroatoms. The Morgan fingerprint density at radius 1 is 1.16 bits per heavy atom. The number of aliphatic hydroxyl groups is 1. The van der Waals surface area contributed by atoms with Crippen molar-refractivity contribution in [2.24, 2.45) is 0 Å². The lowest BCUT2D eigenvalue weighted by Crippen LogP contribution is -2.28. The van der Waals surface area contributed by atoms with Crippen molar-refractivity contribution in [3.05, 3.63) is 83.7 Å². The minimum atomic E-state index is 0.0185. The van der Waals surface area contributed by atoms with Crippen LogP contribution in [0.25, 0.3) is 22.2 Å². The number of carbonyl (C=O) groups excluding carboxylic acids is 1. The summed E-state index contributed by atoms with van der Waals surface area (Å²) in [6.07, 6.45) is 4.61. The van der Waals surface area contributed by atoms with Crippen molar-refractivity contribution in [1.29, 1.82) is 0 Å². The van der Waals surface area contributed by atoms with Gasteiger partial charge in [0, 0.05) is 54.2 Å². The van der Waals surface area contributed by atoms with Crippen LogP contribution in [0.5, 0.6) is 0 Å². The fraction of sp³-hybridized carbons (Fsp3) is 0.200. The smallest absolute Gasteiger partial charge is 0.258 e. The minimum Gasteiger partial charge on any atom is -0.395 e. The predicted molar refractivity (Wildman–Crippen MR) is 122 cm³/mol. The van der Waals surface area contributed by atoms with Gasteiger partial charge < -0.3 is 20.3 Å². The van der Waals surface area contributed by atoms with Crippen LogP contribution in [0.2, 0.25) is 0 Å². The van der Waals surface area contributed by atoms with Crippen LogP contribution in [-0.2, 0) is 13.0 Å². The maximum Gasteiger partial charge on any atom is 0.258 e. The molecule has 0 saturated carbocycles. The van der Waals surface area contributed by atoms with Crippen LogP contribution in [0.3, 0.4) is 0 Å². The second-order valence-electron chi connectivity index (χ2n) is 7.75. The average Bonchev–Trinajstić information content (AvgIpc) is 3.45. The predicted octanol–water partition coefficient (Wildman–Crippen LogP) is 3.51. The summed E-state index contributed by atoms with van der Waals surface area (Å²) < 4.78 is 0. The molecule has 0 unspecified atom stereocenters. The van der Waals surface area contributed by atoms with Crippen LogP contribution in [-0.4, -0.2) is 40.7 Å². The van der Waals surface area contributed by atoms with Crippen molar-refractivity contribution in [2.45, 2.75) is 13.0 Å². The number of anilines is 1. The highest BCUT2D eigenvalue weighted by Gasteiger charge is 2.27. The van der Waals surface area contributed by atoms with E-state index in [-0.39, 0.29) is 12.5 Å². The van der Waals surface area contributed by atoms with Gasteiger partial charge in [-0.1, -0.05) is 24.3 Å². The van der Waals surface area contributed by atoms with Gasteiger partial charge in [-0.3, -0.25) is 4.79 Å². The first-order valence-electron chi connectivity index (χ1n) is 10.5. The fourth-order valence-corrected chi connectivity index (χ4v) is 4.24. The third-order valence-corrected chi connectivity index (χ3v) is 5.80. The highest BCUT2D eigenvalue weighted by Crippen LogP contribution is 2.37. The number of rotatable bonds is 6. The van der Waals surface area contributed by atoms with Crippen molar-refractivity contribution >= 4 is 22.6 Å². The molecule has 4 aromatic rings. The Labute approximate surface area is 180 Å². The van der Waals surface area contributed by atoms with Crippen molar-refractivity contribution in [2.75, 3.05) is 24.6 Å². The molecule has 2 aromatic carbocycles. The molecule has 1 amide bonds. The number of carbonyl (C=O) groups is 1. The molecule has 0 atom stereocenters. The Morgan fingerprint density at radius 2 is 2.03 bits per heavy atom. The second kappa shape index (κ2) is 8.34. The summed E-state index contributed by atoms with van der Waals surface area (Å²) in [7, 11) is 0. The third-order valence-electron chi connectivity index (χ3n) is 5.80. The molecular formula is C25H24N4O2. The van der Waals surface area contributed by atoms with Crippen molar-refractivity contribution in [3.63, 3.8) is 0 Å². The van der Waals surface area contributed by atoms with Gasteiger partial charge in [0.1, 0.15) is 5.65 Å². The number of hydrogen-bond donors (Lipinski definition) is 3. The normalized spacial score (nSPS) is 13.0. The number of amides is 1. The molecule has 1 aliphatic heterocycles. The van der Waals surface area contributed by atoms with Crippen LogP contribution in [0, 0.1) is 0 Å². The number of H-pyrrole nitrogens is 1. The summed E-state index contributed by atoms with van der Waals surface area (Å²) in [4.78, 5) is 22.8. The lowest BCUT2D eigenvalue weighted by molar-refractivity contribution is 0.0989. The average molecular weight is 412 g/mol. The van der Waals surface area contributed by atoms with Gasteiger partial charge in [0.2, 0.25) is 0 Å². The number of aliphatic hydroxyl groups excluding tert-OH is 1. The molecule has 3 heterocycles. The number of nitrogens with one attached hydrogen (secondary N) is 2. The first-order chi connectivity index (χ1) is 15.2. The molecule has 156 valence electrons.